The SMILES string of the molecule is CCCc1cc(N2CC[C@H](NCC3CC3)C2)nc(Nc2cccc(N)c2)n1. The fourth-order valence-electron chi connectivity index (χ4n) is 3.62. The Morgan fingerprint density at radius 1 is 1.19 bits per heavy atom. The molecule has 27 heavy (non-hydrogen) atoms. The minimum absolute atomic E-state index is 0.570. The maximum absolute atomic E-state index is 5.89. The van der Waals surface area contributed by atoms with Crippen LogP contribution < -0.4 is 21.3 Å². The number of nitrogens with two attached hydrogens (primary N) is 1. The largest absolute Gasteiger partial charge is 0.399 e. The summed E-state index contributed by atoms with van der Waals surface area (Å²) in [5.74, 6) is 2.59. The Labute approximate surface area is 161 Å². The molecule has 2 fully saturated rings. The van der Waals surface area contributed by atoms with Crippen molar-refractivity contribution in [2.45, 2.75) is 45.1 Å². The minimum atomic E-state index is 0.570. The number of rotatable bonds is 8. The third kappa shape index (κ3) is 4.89. The number of nitrogens with one attached hydrogen (secondary N) is 2. The highest BCUT2D eigenvalue weighted by molar-refractivity contribution is 5.60. The molecule has 6 nitrogen and oxygen atoms in total. The van der Waals surface area contributed by atoms with Crippen LogP contribution in [0, 0.1) is 5.92 Å². The van der Waals surface area contributed by atoms with Gasteiger partial charge in [0, 0.05) is 42.3 Å². The van der Waals surface area contributed by atoms with E-state index < -0.39 is 0 Å². The molecule has 2 heterocycles. The summed E-state index contributed by atoms with van der Waals surface area (Å²) in [6.07, 6.45) is 6.00. The van der Waals surface area contributed by atoms with Gasteiger partial charge in [-0.1, -0.05) is 19.4 Å². The van der Waals surface area contributed by atoms with E-state index in [4.69, 9.17) is 15.7 Å². The highest BCUT2D eigenvalue weighted by Gasteiger charge is 2.27. The van der Waals surface area contributed by atoms with Crippen molar-refractivity contribution in [3.05, 3.63) is 36.0 Å². The first-order chi connectivity index (χ1) is 13.2. The molecule has 0 bridgehead atoms. The molecule has 1 aliphatic carbocycles. The lowest BCUT2D eigenvalue weighted by Gasteiger charge is -2.20. The van der Waals surface area contributed by atoms with Gasteiger partial charge in [-0.15, -0.1) is 0 Å². The predicted molar refractivity (Wildman–Crippen MR) is 112 cm³/mol. The Morgan fingerprint density at radius 2 is 2.07 bits per heavy atom. The Kier molecular flexibility index (Phi) is 5.43. The molecule has 1 atom stereocenters. The lowest BCUT2D eigenvalue weighted by Crippen LogP contribution is -2.34. The van der Waals surface area contributed by atoms with Crippen molar-refractivity contribution in [1.29, 1.82) is 0 Å². The molecule has 0 radical (unpaired) electrons. The first-order valence-corrected chi connectivity index (χ1v) is 10.2. The van der Waals surface area contributed by atoms with Gasteiger partial charge in [-0.3, -0.25) is 0 Å². The maximum atomic E-state index is 5.89. The van der Waals surface area contributed by atoms with E-state index in [1.54, 1.807) is 0 Å². The molecule has 1 saturated carbocycles. The second-order valence-electron chi connectivity index (χ2n) is 7.82. The third-order valence-corrected chi connectivity index (χ3v) is 5.32. The summed E-state index contributed by atoms with van der Waals surface area (Å²) in [4.78, 5) is 11.9. The van der Waals surface area contributed by atoms with Gasteiger partial charge in [0.15, 0.2) is 0 Å². The number of aromatic nitrogens is 2. The predicted octanol–water partition coefficient (Wildman–Crippen LogP) is 3.33. The Bertz CT molecular complexity index is 773. The molecule has 0 amide bonds. The number of anilines is 4. The zero-order chi connectivity index (χ0) is 18.6. The van der Waals surface area contributed by atoms with Gasteiger partial charge >= 0.3 is 0 Å². The summed E-state index contributed by atoms with van der Waals surface area (Å²) in [5, 5.41) is 7.05. The van der Waals surface area contributed by atoms with Crippen LogP contribution in [0.25, 0.3) is 0 Å². The topological polar surface area (TPSA) is 79.1 Å². The van der Waals surface area contributed by atoms with E-state index in [-0.39, 0.29) is 0 Å². The number of aryl methyl sites for hydroxylation is 1. The van der Waals surface area contributed by atoms with Gasteiger partial charge in [0.25, 0.3) is 0 Å². The summed E-state index contributed by atoms with van der Waals surface area (Å²) in [5.41, 5.74) is 8.63. The molecular weight excluding hydrogens is 336 g/mol. The Hall–Kier alpha value is -2.34. The summed E-state index contributed by atoms with van der Waals surface area (Å²) < 4.78 is 0. The number of nitrogen functional groups attached to an aromatic ring is 1. The molecule has 4 N–H and O–H groups in total. The normalized spacial score (nSPS) is 19.4. The zero-order valence-electron chi connectivity index (χ0n) is 16.1. The van der Waals surface area contributed by atoms with Crippen LogP contribution in [0.2, 0.25) is 0 Å². The Morgan fingerprint density at radius 3 is 2.85 bits per heavy atom. The quantitative estimate of drug-likeness (QED) is 0.622. The summed E-state index contributed by atoms with van der Waals surface area (Å²) in [6, 6.07) is 10.4. The van der Waals surface area contributed by atoms with Gasteiger partial charge in [-0.2, -0.15) is 4.98 Å². The van der Waals surface area contributed by atoms with Crippen molar-refractivity contribution in [3.63, 3.8) is 0 Å². The molecule has 1 aromatic carbocycles. The van der Waals surface area contributed by atoms with Crippen LogP contribution in [0.15, 0.2) is 30.3 Å². The van der Waals surface area contributed by atoms with Gasteiger partial charge in [-0.25, -0.2) is 4.98 Å². The molecule has 0 spiro atoms. The number of benzene rings is 1. The van der Waals surface area contributed by atoms with Crippen LogP contribution in [-0.4, -0.2) is 35.6 Å². The summed E-state index contributed by atoms with van der Waals surface area (Å²) in [6.45, 7) is 5.42. The fraction of sp³-hybridized carbons (Fsp3) is 0.524. The van der Waals surface area contributed by atoms with E-state index in [2.05, 4.69) is 28.5 Å². The first kappa shape index (κ1) is 18.0. The van der Waals surface area contributed by atoms with Crippen molar-refractivity contribution >= 4 is 23.1 Å². The average molecular weight is 367 g/mol. The molecule has 0 unspecified atom stereocenters. The van der Waals surface area contributed by atoms with Crippen molar-refractivity contribution in [3.8, 4) is 0 Å². The van der Waals surface area contributed by atoms with Crippen LogP contribution in [0.1, 0.15) is 38.3 Å². The van der Waals surface area contributed by atoms with Crippen LogP contribution >= 0.6 is 0 Å². The lowest BCUT2D eigenvalue weighted by molar-refractivity contribution is 0.530. The average Bonchev–Trinajstić information content (AvgIpc) is 3.36. The maximum Gasteiger partial charge on any atom is 0.229 e. The van der Waals surface area contributed by atoms with Gasteiger partial charge in [0.05, 0.1) is 0 Å². The molecule has 144 valence electrons. The summed E-state index contributed by atoms with van der Waals surface area (Å²) >= 11 is 0. The Balaban J connectivity index is 1.48. The van der Waals surface area contributed by atoms with Gasteiger partial charge in [-0.05, 0) is 56.3 Å². The molecule has 1 aromatic heterocycles. The van der Waals surface area contributed by atoms with E-state index >= 15 is 0 Å². The fourth-order valence-corrected chi connectivity index (χ4v) is 3.62. The first-order valence-electron chi connectivity index (χ1n) is 10.2. The van der Waals surface area contributed by atoms with Gasteiger partial charge in [0.2, 0.25) is 5.95 Å². The molecule has 2 aliphatic rings. The number of hydrogen-bond donors (Lipinski definition) is 3. The van der Waals surface area contributed by atoms with Crippen molar-refractivity contribution < 1.29 is 0 Å². The molecular formula is C21H30N6. The standard InChI is InChI=1S/C21H30N6/c1-2-4-17-12-20(27-10-9-19(14-27)23-13-15-7-8-15)26-21(24-17)25-18-6-3-5-16(22)11-18/h3,5-6,11-12,15,19,23H,2,4,7-10,13-14,22H2,1H3,(H,24,25,26)/t19-/m0/s1. The monoisotopic (exact) mass is 366 g/mol. The van der Waals surface area contributed by atoms with E-state index in [1.807, 2.05) is 24.3 Å². The van der Waals surface area contributed by atoms with Crippen molar-refractivity contribution in [2.75, 3.05) is 35.6 Å². The summed E-state index contributed by atoms with van der Waals surface area (Å²) in [7, 11) is 0. The van der Waals surface area contributed by atoms with Gasteiger partial charge < -0.3 is 21.3 Å². The smallest absolute Gasteiger partial charge is 0.229 e. The number of nitrogens with zero attached hydrogens (tertiary/aromatic N) is 3. The third-order valence-electron chi connectivity index (χ3n) is 5.32. The van der Waals surface area contributed by atoms with E-state index in [1.165, 1.54) is 25.8 Å². The lowest BCUT2D eigenvalue weighted by atomic mass is 10.2. The number of hydrogen-bond acceptors (Lipinski definition) is 6. The second kappa shape index (κ2) is 8.13. The molecule has 1 saturated heterocycles. The molecule has 1 aliphatic heterocycles. The van der Waals surface area contributed by atoms with Crippen LogP contribution in [0.3, 0.4) is 0 Å². The molecule has 2 aromatic rings. The highest BCUT2D eigenvalue weighted by atomic mass is 15.3. The molecule has 6 heteroatoms. The van der Waals surface area contributed by atoms with E-state index in [9.17, 15) is 0 Å². The van der Waals surface area contributed by atoms with Crippen molar-refractivity contribution in [1.82, 2.24) is 15.3 Å². The molecule has 4 rings (SSSR count). The van der Waals surface area contributed by atoms with Crippen LogP contribution in [0.4, 0.5) is 23.1 Å². The second-order valence-corrected chi connectivity index (χ2v) is 7.82. The highest BCUT2D eigenvalue weighted by Crippen LogP contribution is 2.28. The van der Waals surface area contributed by atoms with Crippen LogP contribution in [-0.2, 0) is 6.42 Å². The minimum Gasteiger partial charge on any atom is -0.399 e. The van der Waals surface area contributed by atoms with Crippen molar-refractivity contribution in [2.24, 2.45) is 5.92 Å². The van der Waals surface area contributed by atoms with Gasteiger partial charge in [0.1, 0.15) is 5.82 Å². The zero-order valence-corrected chi connectivity index (χ0v) is 16.1. The van der Waals surface area contributed by atoms with E-state index in [0.29, 0.717) is 12.0 Å². The van der Waals surface area contributed by atoms with E-state index in [0.717, 1.165) is 54.7 Å². The van der Waals surface area contributed by atoms with Crippen LogP contribution in [0.5, 0.6) is 0 Å².